The van der Waals surface area contributed by atoms with E-state index in [1.54, 1.807) is 6.20 Å². The van der Waals surface area contributed by atoms with Crippen molar-refractivity contribution in [2.24, 2.45) is 0 Å². The Bertz CT molecular complexity index is 1030. The fourth-order valence-corrected chi connectivity index (χ4v) is 4.58. The van der Waals surface area contributed by atoms with Crippen molar-refractivity contribution in [3.63, 3.8) is 0 Å². The second kappa shape index (κ2) is 6.11. The first kappa shape index (κ1) is 14.8. The second-order valence-electron chi connectivity index (χ2n) is 6.58. The predicted molar refractivity (Wildman–Crippen MR) is 102 cm³/mol. The zero-order valence-electron chi connectivity index (χ0n) is 13.9. The molecule has 0 atom stereocenters. The molecule has 4 heterocycles. The predicted octanol–water partition coefficient (Wildman–Crippen LogP) is 4.08. The molecule has 25 heavy (non-hydrogen) atoms. The van der Waals surface area contributed by atoms with E-state index in [9.17, 15) is 0 Å². The first-order valence-corrected chi connectivity index (χ1v) is 9.58. The Labute approximate surface area is 150 Å². The van der Waals surface area contributed by atoms with Gasteiger partial charge in [0, 0.05) is 25.8 Å². The molecular weight excluding hydrogens is 330 g/mol. The molecule has 0 amide bonds. The van der Waals surface area contributed by atoms with Crippen molar-refractivity contribution in [2.75, 3.05) is 18.0 Å². The van der Waals surface area contributed by atoms with Crippen LogP contribution < -0.4 is 4.90 Å². The molecule has 0 unspecified atom stereocenters. The van der Waals surface area contributed by atoms with Gasteiger partial charge < -0.3 is 9.47 Å². The molecule has 0 bridgehead atoms. The highest BCUT2D eigenvalue weighted by Gasteiger charge is 2.15. The van der Waals surface area contributed by atoms with Crippen LogP contribution >= 0.6 is 11.3 Å². The Morgan fingerprint density at radius 1 is 1.04 bits per heavy atom. The highest BCUT2D eigenvalue weighted by Crippen LogP contribution is 2.31. The Morgan fingerprint density at radius 2 is 1.96 bits per heavy atom. The fourth-order valence-electron chi connectivity index (χ4n) is 3.50. The molecule has 0 aliphatic carbocycles. The lowest BCUT2D eigenvalue weighted by atomic mass is 10.1. The van der Waals surface area contributed by atoms with Crippen molar-refractivity contribution in [1.82, 2.24) is 19.5 Å². The number of imidazole rings is 1. The summed E-state index contributed by atoms with van der Waals surface area (Å²) in [6.07, 6.45) is 9.46. The van der Waals surface area contributed by atoms with Crippen LogP contribution in [0, 0.1) is 0 Å². The van der Waals surface area contributed by atoms with Crippen LogP contribution in [0.2, 0.25) is 0 Å². The Kier molecular flexibility index (Phi) is 3.63. The molecule has 126 valence electrons. The van der Waals surface area contributed by atoms with Gasteiger partial charge in [0.15, 0.2) is 5.13 Å². The summed E-state index contributed by atoms with van der Waals surface area (Å²) >= 11 is 1.81. The molecule has 1 aliphatic rings. The first-order chi connectivity index (χ1) is 12.4. The smallest absolute Gasteiger partial charge is 0.186 e. The van der Waals surface area contributed by atoms with Crippen molar-refractivity contribution < 1.29 is 0 Å². The lowest BCUT2D eigenvalue weighted by Crippen LogP contribution is -2.29. The number of benzene rings is 1. The number of aromatic nitrogens is 4. The van der Waals surface area contributed by atoms with E-state index in [1.807, 2.05) is 29.9 Å². The third-order valence-electron chi connectivity index (χ3n) is 4.84. The van der Waals surface area contributed by atoms with E-state index in [1.165, 1.54) is 34.7 Å². The summed E-state index contributed by atoms with van der Waals surface area (Å²) < 4.78 is 3.41. The molecule has 1 aromatic carbocycles. The van der Waals surface area contributed by atoms with Crippen LogP contribution in [0.1, 0.15) is 24.8 Å². The SMILES string of the molecule is c1cc2ncn(Cc3ccc4nc(N5CCCCC5)sc4c3)c2cn1. The number of hydrogen-bond donors (Lipinski definition) is 0. The lowest BCUT2D eigenvalue weighted by molar-refractivity contribution is 0.577. The minimum Gasteiger partial charge on any atom is -0.348 e. The third-order valence-corrected chi connectivity index (χ3v) is 5.92. The summed E-state index contributed by atoms with van der Waals surface area (Å²) in [5.41, 5.74) is 4.43. The van der Waals surface area contributed by atoms with Gasteiger partial charge in [-0.2, -0.15) is 0 Å². The lowest BCUT2D eigenvalue weighted by Gasteiger charge is -2.25. The number of fused-ring (bicyclic) bond motifs is 2. The van der Waals surface area contributed by atoms with Crippen molar-refractivity contribution in [2.45, 2.75) is 25.8 Å². The van der Waals surface area contributed by atoms with Crippen molar-refractivity contribution in [3.05, 3.63) is 48.5 Å². The van der Waals surface area contributed by atoms with Crippen LogP contribution in [0.5, 0.6) is 0 Å². The monoisotopic (exact) mass is 349 g/mol. The number of hydrogen-bond acceptors (Lipinski definition) is 5. The van der Waals surface area contributed by atoms with Crippen molar-refractivity contribution in [3.8, 4) is 0 Å². The highest BCUT2D eigenvalue weighted by atomic mass is 32.1. The molecule has 0 spiro atoms. The number of rotatable bonds is 3. The van der Waals surface area contributed by atoms with Crippen LogP contribution in [0.4, 0.5) is 5.13 Å². The molecule has 5 nitrogen and oxygen atoms in total. The Morgan fingerprint density at radius 3 is 2.88 bits per heavy atom. The number of nitrogens with zero attached hydrogens (tertiary/aromatic N) is 5. The number of pyridine rings is 1. The van der Waals surface area contributed by atoms with Gasteiger partial charge in [-0.05, 0) is 43.0 Å². The molecule has 0 N–H and O–H groups in total. The number of piperidine rings is 1. The Balaban J connectivity index is 1.45. The summed E-state index contributed by atoms with van der Waals surface area (Å²) in [5, 5.41) is 1.17. The topological polar surface area (TPSA) is 46.8 Å². The molecule has 1 fully saturated rings. The maximum atomic E-state index is 4.84. The maximum absolute atomic E-state index is 4.84. The van der Waals surface area contributed by atoms with Gasteiger partial charge in [-0.15, -0.1) is 0 Å². The van der Waals surface area contributed by atoms with Gasteiger partial charge in [0.05, 0.1) is 33.8 Å². The fraction of sp³-hybridized carbons (Fsp3) is 0.316. The summed E-state index contributed by atoms with van der Waals surface area (Å²) in [5.74, 6) is 0. The van der Waals surface area contributed by atoms with E-state index in [0.717, 1.165) is 36.2 Å². The number of anilines is 1. The molecule has 1 aliphatic heterocycles. The quantitative estimate of drug-likeness (QED) is 0.559. The Hall–Kier alpha value is -2.47. The molecule has 0 radical (unpaired) electrons. The first-order valence-electron chi connectivity index (χ1n) is 8.76. The van der Waals surface area contributed by atoms with Gasteiger partial charge >= 0.3 is 0 Å². The van der Waals surface area contributed by atoms with E-state index < -0.39 is 0 Å². The van der Waals surface area contributed by atoms with Crippen LogP contribution in [0.15, 0.2) is 43.0 Å². The van der Waals surface area contributed by atoms with Crippen LogP contribution in [0.3, 0.4) is 0 Å². The van der Waals surface area contributed by atoms with E-state index in [4.69, 9.17) is 4.98 Å². The largest absolute Gasteiger partial charge is 0.348 e. The summed E-state index contributed by atoms with van der Waals surface area (Å²) in [6, 6.07) is 8.53. The molecule has 5 rings (SSSR count). The van der Waals surface area contributed by atoms with Crippen LogP contribution in [0.25, 0.3) is 21.3 Å². The van der Waals surface area contributed by atoms with E-state index in [2.05, 4.69) is 37.6 Å². The molecular formula is C19H19N5S. The maximum Gasteiger partial charge on any atom is 0.186 e. The third kappa shape index (κ3) is 2.76. The zero-order valence-corrected chi connectivity index (χ0v) is 14.7. The molecule has 0 saturated carbocycles. The standard InChI is InChI=1S/C19H19N5S/c1-2-8-23(9-3-1)19-22-16-5-4-14(10-18(16)25-19)12-24-13-21-15-6-7-20-11-17(15)24/h4-7,10-11,13H,1-3,8-9,12H2. The van der Waals surface area contributed by atoms with E-state index >= 15 is 0 Å². The van der Waals surface area contributed by atoms with Gasteiger partial charge in [-0.1, -0.05) is 17.4 Å². The van der Waals surface area contributed by atoms with Crippen LogP contribution in [-0.4, -0.2) is 32.6 Å². The summed E-state index contributed by atoms with van der Waals surface area (Å²) in [6.45, 7) is 3.08. The molecule has 6 heteroatoms. The minimum absolute atomic E-state index is 0.801. The van der Waals surface area contributed by atoms with Crippen molar-refractivity contribution in [1.29, 1.82) is 0 Å². The minimum atomic E-state index is 0.801. The average molecular weight is 349 g/mol. The van der Waals surface area contributed by atoms with Gasteiger partial charge in [0.25, 0.3) is 0 Å². The second-order valence-corrected chi connectivity index (χ2v) is 7.59. The molecule has 1 saturated heterocycles. The van der Waals surface area contributed by atoms with Gasteiger partial charge in [-0.3, -0.25) is 4.98 Å². The summed E-state index contributed by atoms with van der Waals surface area (Å²) in [4.78, 5) is 15.9. The van der Waals surface area contributed by atoms with Gasteiger partial charge in [-0.25, -0.2) is 9.97 Å². The molecule has 3 aromatic heterocycles. The van der Waals surface area contributed by atoms with E-state index in [0.29, 0.717) is 0 Å². The zero-order chi connectivity index (χ0) is 16.6. The van der Waals surface area contributed by atoms with Gasteiger partial charge in [0.1, 0.15) is 0 Å². The highest BCUT2D eigenvalue weighted by molar-refractivity contribution is 7.22. The van der Waals surface area contributed by atoms with E-state index in [-0.39, 0.29) is 0 Å². The van der Waals surface area contributed by atoms with Gasteiger partial charge in [0.2, 0.25) is 0 Å². The summed E-state index contributed by atoms with van der Waals surface area (Å²) in [7, 11) is 0. The van der Waals surface area contributed by atoms with Crippen molar-refractivity contribution >= 4 is 37.7 Å². The number of thiazole rings is 1. The molecule has 4 aromatic rings. The normalized spacial score (nSPS) is 15.3. The van der Waals surface area contributed by atoms with Crippen LogP contribution in [-0.2, 0) is 6.54 Å². The average Bonchev–Trinajstić information content (AvgIpc) is 3.27.